The molecule has 0 spiro atoms. The molecular formula is C10H17BrN6. The quantitative estimate of drug-likeness (QED) is 0.631. The summed E-state index contributed by atoms with van der Waals surface area (Å²) in [5, 5.41) is 0. The molecule has 2 rings (SSSR count). The number of likely N-dealkylation sites (N-methyl/N-ethyl adjacent to an activating group) is 1. The Morgan fingerprint density at radius 3 is 2.65 bits per heavy atom. The van der Waals surface area contributed by atoms with Crippen molar-refractivity contribution in [3.63, 3.8) is 0 Å². The average Bonchev–Trinajstić information content (AvgIpc) is 2.39. The first kappa shape index (κ1) is 12.5. The SMILES string of the molecule is CCN1CCN(c2ncnc(NN)c2Br)CC1. The highest BCUT2D eigenvalue weighted by molar-refractivity contribution is 9.10. The van der Waals surface area contributed by atoms with Crippen molar-refractivity contribution in [2.24, 2.45) is 5.84 Å². The smallest absolute Gasteiger partial charge is 0.159 e. The molecule has 0 amide bonds. The predicted octanol–water partition coefficient (Wildman–Crippen LogP) is 0.667. The van der Waals surface area contributed by atoms with Crippen molar-refractivity contribution in [1.29, 1.82) is 0 Å². The van der Waals surface area contributed by atoms with Crippen LogP contribution >= 0.6 is 15.9 Å². The first-order valence-electron chi connectivity index (χ1n) is 5.70. The second-order valence-corrected chi connectivity index (χ2v) is 4.72. The largest absolute Gasteiger partial charge is 0.353 e. The lowest BCUT2D eigenvalue weighted by atomic mass is 10.3. The van der Waals surface area contributed by atoms with E-state index < -0.39 is 0 Å². The van der Waals surface area contributed by atoms with Gasteiger partial charge in [-0.2, -0.15) is 0 Å². The molecule has 0 aliphatic carbocycles. The van der Waals surface area contributed by atoms with Crippen molar-refractivity contribution >= 4 is 27.6 Å². The minimum Gasteiger partial charge on any atom is -0.353 e. The molecule has 0 unspecified atom stereocenters. The summed E-state index contributed by atoms with van der Waals surface area (Å²) in [6.07, 6.45) is 1.53. The average molecular weight is 301 g/mol. The van der Waals surface area contributed by atoms with Gasteiger partial charge in [-0.1, -0.05) is 6.92 Å². The number of anilines is 2. The first-order chi connectivity index (χ1) is 8.26. The number of aromatic nitrogens is 2. The van der Waals surface area contributed by atoms with Gasteiger partial charge in [-0.05, 0) is 22.5 Å². The van der Waals surface area contributed by atoms with Gasteiger partial charge in [0.2, 0.25) is 0 Å². The molecule has 0 radical (unpaired) electrons. The zero-order valence-corrected chi connectivity index (χ0v) is 11.4. The van der Waals surface area contributed by atoms with E-state index in [1.807, 2.05) is 0 Å². The summed E-state index contributed by atoms with van der Waals surface area (Å²) in [5.41, 5.74) is 2.56. The number of hydrazine groups is 1. The van der Waals surface area contributed by atoms with E-state index >= 15 is 0 Å². The van der Waals surface area contributed by atoms with Crippen molar-refractivity contribution in [3.05, 3.63) is 10.8 Å². The van der Waals surface area contributed by atoms with Gasteiger partial charge in [-0.3, -0.25) is 0 Å². The maximum Gasteiger partial charge on any atom is 0.159 e. The number of nitrogens with zero attached hydrogens (tertiary/aromatic N) is 4. The van der Waals surface area contributed by atoms with Gasteiger partial charge in [-0.25, -0.2) is 15.8 Å². The standard InChI is InChI=1S/C10H17BrN6/c1-2-16-3-5-17(6-4-16)10-8(11)9(15-12)13-7-14-10/h7H,2-6,12H2,1H3,(H,13,14,15). The molecule has 1 aliphatic rings. The molecule has 1 aliphatic heterocycles. The zero-order valence-electron chi connectivity index (χ0n) is 9.86. The molecule has 1 saturated heterocycles. The number of nitrogen functional groups attached to an aromatic ring is 1. The van der Waals surface area contributed by atoms with Crippen molar-refractivity contribution < 1.29 is 0 Å². The van der Waals surface area contributed by atoms with Gasteiger partial charge < -0.3 is 15.2 Å². The molecule has 3 N–H and O–H groups in total. The Morgan fingerprint density at radius 2 is 2.06 bits per heavy atom. The predicted molar refractivity (Wildman–Crippen MR) is 71.9 cm³/mol. The van der Waals surface area contributed by atoms with E-state index in [-0.39, 0.29) is 0 Å². The van der Waals surface area contributed by atoms with E-state index in [4.69, 9.17) is 5.84 Å². The van der Waals surface area contributed by atoms with Gasteiger partial charge in [0, 0.05) is 26.2 Å². The third kappa shape index (κ3) is 2.67. The molecule has 0 bridgehead atoms. The summed E-state index contributed by atoms with van der Waals surface area (Å²) in [5.74, 6) is 6.92. The van der Waals surface area contributed by atoms with Gasteiger partial charge in [0.05, 0.1) is 0 Å². The number of nitrogens with two attached hydrogens (primary N) is 1. The van der Waals surface area contributed by atoms with Crippen LogP contribution in [0, 0.1) is 0 Å². The van der Waals surface area contributed by atoms with Gasteiger partial charge in [-0.15, -0.1) is 0 Å². The number of piperazine rings is 1. The molecule has 1 aromatic rings. The number of hydrogen-bond acceptors (Lipinski definition) is 6. The molecule has 7 heteroatoms. The van der Waals surface area contributed by atoms with Crippen LogP contribution in [-0.2, 0) is 0 Å². The fourth-order valence-electron chi connectivity index (χ4n) is 1.96. The summed E-state index contributed by atoms with van der Waals surface area (Å²) in [7, 11) is 0. The van der Waals surface area contributed by atoms with Crippen LogP contribution in [0.25, 0.3) is 0 Å². The lowest BCUT2D eigenvalue weighted by Gasteiger charge is -2.35. The van der Waals surface area contributed by atoms with E-state index in [2.05, 4.69) is 48.0 Å². The van der Waals surface area contributed by atoms with Crippen LogP contribution in [-0.4, -0.2) is 47.6 Å². The van der Waals surface area contributed by atoms with Crippen molar-refractivity contribution in [2.45, 2.75) is 6.92 Å². The van der Waals surface area contributed by atoms with E-state index in [0.717, 1.165) is 43.0 Å². The van der Waals surface area contributed by atoms with Gasteiger partial charge >= 0.3 is 0 Å². The lowest BCUT2D eigenvalue weighted by molar-refractivity contribution is 0.270. The third-order valence-corrected chi connectivity index (χ3v) is 3.76. The number of hydrogen-bond donors (Lipinski definition) is 2. The summed E-state index contributed by atoms with van der Waals surface area (Å²) >= 11 is 3.49. The van der Waals surface area contributed by atoms with E-state index in [9.17, 15) is 0 Å². The van der Waals surface area contributed by atoms with Crippen LogP contribution in [0.3, 0.4) is 0 Å². The zero-order chi connectivity index (χ0) is 12.3. The molecule has 0 saturated carbocycles. The van der Waals surface area contributed by atoms with Crippen LogP contribution in [0.4, 0.5) is 11.6 Å². The molecule has 0 aromatic carbocycles. The fourth-order valence-corrected chi connectivity index (χ4v) is 2.53. The minimum atomic E-state index is 0.618. The van der Waals surface area contributed by atoms with E-state index in [1.165, 1.54) is 6.33 Å². The molecule has 6 nitrogen and oxygen atoms in total. The van der Waals surface area contributed by atoms with Crippen LogP contribution in [0.1, 0.15) is 6.92 Å². The Balaban J connectivity index is 2.13. The number of rotatable bonds is 3. The maximum absolute atomic E-state index is 5.40. The molecular weight excluding hydrogens is 284 g/mol. The summed E-state index contributed by atoms with van der Waals surface area (Å²) in [4.78, 5) is 13.0. The Hall–Kier alpha value is -0.920. The second kappa shape index (κ2) is 5.61. The summed E-state index contributed by atoms with van der Waals surface area (Å²) in [6, 6.07) is 0. The molecule has 0 atom stereocenters. The molecule has 1 fully saturated rings. The monoisotopic (exact) mass is 300 g/mol. The van der Waals surface area contributed by atoms with Crippen LogP contribution in [0.15, 0.2) is 10.8 Å². The van der Waals surface area contributed by atoms with Crippen LogP contribution < -0.4 is 16.2 Å². The number of nitrogens with one attached hydrogen (secondary N) is 1. The Kier molecular flexibility index (Phi) is 4.14. The third-order valence-electron chi connectivity index (χ3n) is 3.03. The van der Waals surface area contributed by atoms with Crippen molar-refractivity contribution in [2.75, 3.05) is 43.0 Å². The topological polar surface area (TPSA) is 70.3 Å². The molecule has 17 heavy (non-hydrogen) atoms. The fraction of sp³-hybridized carbons (Fsp3) is 0.600. The van der Waals surface area contributed by atoms with Crippen LogP contribution in [0.5, 0.6) is 0 Å². The van der Waals surface area contributed by atoms with Gasteiger partial charge in [0.15, 0.2) is 5.82 Å². The lowest BCUT2D eigenvalue weighted by Crippen LogP contribution is -2.46. The second-order valence-electron chi connectivity index (χ2n) is 3.93. The van der Waals surface area contributed by atoms with Gasteiger partial charge in [0.25, 0.3) is 0 Å². The normalized spacial score (nSPS) is 17.2. The van der Waals surface area contributed by atoms with E-state index in [1.54, 1.807) is 0 Å². The van der Waals surface area contributed by atoms with Crippen molar-refractivity contribution in [1.82, 2.24) is 14.9 Å². The maximum atomic E-state index is 5.40. The highest BCUT2D eigenvalue weighted by Gasteiger charge is 2.20. The minimum absolute atomic E-state index is 0.618. The van der Waals surface area contributed by atoms with Crippen molar-refractivity contribution in [3.8, 4) is 0 Å². The number of halogens is 1. The highest BCUT2D eigenvalue weighted by Crippen LogP contribution is 2.29. The van der Waals surface area contributed by atoms with E-state index in [0.29, 0.717) is 5.82 Å². The Bertz CT molecular complexity index is 377. The molecule has 94 valence electrons. The van der Waals surface area contributed by atoms with Gasteiger partial charge in [0.1, 0.15) is 16.6 Å². The summed E-state index contributed by atoms with van der Waals surface area (Å²) in [6.45, 7) is 7.39. The first-order valence-corrected chi connectivity index (χ1v) is 6.50. The van der Waals surface area contributed by atoms with Crippen LogP contribution in [0.2, 0.25) is 0 Å². The summed E-state index contributed by atoms with van der Waals surface area (Å²) < 4.78 is 0.826. The molecule has 2 heterocycles. The molecule has 1 aromatic heterocycles. The Labute approximate surface area is 109 Å². The Morgan fingerprint density at radius 1 is 1.35 bits per heavy atom. The highest BCUT2D eigenvalue weighted by atomic mass is 79.9.